The van der Waals surface area contributed by atoms with E-state index in [0.29, 0.717) is 0 Å². The van der Waals surface area contributed by atoms with E-state index in [1.54, 1.807) is 0 Å². The van der Waals surface area contributed by atoms with Gasteiger partial charge in [-0.2, -0.15) is 0 Å². The molecule has 0 amide bonds. The van der Waals surface area contributed by atoms with Crippen LogP contribution in [0.25, 0.3) is 44.2 Å². The molecule has 0 heterocycles. The van der Waals surface area contributed by atoms with E-state index in [1.165, 1.54) is 55.3 Å². The van der Waals surface area contributed by atoms with Crippen molar-refractivity contribution in [2.24, 2.45) is 0 Å². The summed E-state index contributed by atoms with van der Waals surface area (Å²) in [5, 5.41) is 2.59. The van der Waals surface area contributed by atoms with Gasteiger partial charge in [0.05, 0.1) is 0 Å². The van der Waals surface area contributed by atoms with Crippen LogP contribution in [0.3, 0.4) is 0 Å². The van der Waals surface area contributed by atoms with Crippen LogP contribution < -0.4 is 0 Å². The lowest BCUT2D eigenvalue weighted by Crippen LogP contribution is -1.92. The first-order valence-electron chi connectivity index (χ1n) is 10.2. The van der Waals surface area contributed by atoms with Crippen molar-refractivity contribution in [3.8, 4) is 33.4 Å². The second-order valence-electron chi connectivity index (χ2n) is 7.74. The Hall–Kier alpha value is -3.64. The summed E-state index contributed by atoms with van der Waals surface area (Å²) in [6.07, 6.45) is 1.00. The SMILES string of the molecule is c1ccc(-c2c(-c3cccc4c3Cc3ccccc3-4)ccc3ccccc23)cc1. The monoisotopic (exact) mass is 368 g/mol. The highest BCUT2D eigenvalue weighted by molar-refractivity contribution is 6.05. The Labute approximate surface area is 171 Å². The Morgan fingerprint density at radius 1 is 0.448 bits per heavy atom. The minimum absolute atomic E-state index is 1.00. The largest absolute Gasteiger partial charge is 0.0622 e. The van der Waals surface area contributed by atoms with Crippen LogP contribution in [-0.2, 0) is 6.42 Å². The third-order valence-corrected chi connectivity index (χ3v) is 6.13. The Balaban J connectivity index is 1.67. The van der Waals surface area contributed by atoms with Gasteiger partial charge in [0.25, 0.3) is 0 Å². The molecule has 136 valence electrons. The molecule has 1 aliphatic rings. The van der Waals surface area contributed by atoms with E-state index in [9.17, 15) is 0 Å². The minimum atomic E-state index is 1.00. The Morgan fingerprint density at radius 2 is 1.14 bits per heavy atom. The van der Waals surface area contributed by atoms with Crippen LogP contribution >= 0.6 is 0 Å². The van der Waals surface area contributed by atoms with E-state index in [2.05, 4.69) is 109 Å². The van der Waals surface area contributed by atoms with E-state index >= 15 is 0 Å². The maximum absolute atomic E-state index is 2.31. The first-order chi connectivity index (χ1) is 14.4. The molecule has 0 nitrogen and oxygen atoms in total. The fourth-order valence-corrected chi connectivity index (χ4v) is 4.82. The molecule has 0 radical (unpaired) electrons. The van der Waals surface area contributed by atoms with E-state index < -0.39 is 0 Å². The molecule has 29 heavy (non-hydrogen) atoms. The lowest BCUT2D eigenvalue weighted by atomic mass is 9.87. The molecule has 0 spiro atoms. The Morgan fingerprint density at radius 3 is 2.03 bits per heavy atom. The van der Waals surface area contributed by atoms with Gasteiger partial charge in [-0.15, -0.1) is 0 Å². The average Bonchev–Trinajstić information content (AvgIpc) is 3.18. The molecular formula is C29H20. The van der Waals surface area contributed by atoms with Crippen molar-refractivity contribution < 1.29 is 0 Å². The van der Waals surface area contributed by atoms with Gasteiger partial charge in [-0.05, 0) is 61.7 Å². The first kappa shape index (κ1) is 16.3. The molecule has 0 saturated heterocycles. The molecule has 0 aliphatic heterocycles. The number of hydrogen-bond donors (Lipinski definition) is 0. The predicted octanol–water partition coefficient (Wildman–Crippen LogP) is 7.75. The van der Waals surface area contributed by atoms with Crippen molar-refractivity contribution in [3.63, 3.8) is 0 Å². The van der Waals surface area contributed by atoms with Gasteiger partial charge in [-0.1, -0.05) is 109 Å². The summed E-state index contributed by atoms with van der Waals surface area (Å²) in [7, 11) is 0. The lowest BCUT2D eigenvalue weighted by Gasteiger charge is -2.17. The number of fused-ring (bicyclic) bond motifs is 4. The van der Waals surface area contributed by atoms with E-state index in [1.807, 2.05) is 0 Å². The highest BCUT2D eigenvalue weighted by atomic mass is 14.3. The predicted molar refractivity (Wildman–Crippen MR) is 123 cm³/mol. The highest BCUT2D eigenvalue weighted by Gasteiger charge is 2.22. The van der Waals surface area contributed by atoms with Crippen LogP contribution in [0.2, 0.25) is 0 Å². The molecule has 5 aromatic rings. The molecule has 0 atom stereocenters. The van der Waals surface area contributed by atoms with E-state index in [0.717, 1.165) is 6.42 Å². The summed E-state index contributed by atoms with van der Waals surface area (Å²) in [6.45, 7) is 0. The maximum Gasteiger partial charge on any atom is -0.000728 e. The summed E-state index contributed by atoms with van der Waals surface area (Å²) in [5.41, 5.74) is 10.9. The third kappa shape index (κ3) is 2.53. The van der Waals surface area contributed by atoms with Crippen molar-refractivity contribution in [2.45, 2.75) is 6.42 Å². The molecule has 0 unspecified atom stereocenters. The summed E-state index contributed by atoms with van der Waals surface area (Å²) in [4.78, 5) is 0. The van der Waals surface area contributed by atoms with Gasteiger partial charge in [-0.25, -0.2) is 0 Å². The third-order valence-electron chi connectivity index (χ3n) is 6.13. The van der Waals surface area contributed by atoms with E-state index in [-0.39, 0.29) is 0 Å². The molecule has 6 rings (SSSR count). The zero-order valence-corrected chi connectivity index (χ0v) is 16.1. The standard InChI is InChI=1S/C29H20/c1-2-10-21(11-3-1)29-24-14-7-4-9-20(24)17-18-27(29)26-16-8-15-25-23-13-6-5-12-22(23)19-28(25)26/h1-18H,19H2. The second kappa shape index (κ2) is 6.46. The van der Waals surface area contributed by atoms with Crippen LogP contribution in [0.5, 0.6) is 0 Å². The lowest BCUT2D eigenvalue weighted by molar-refractivity contribution is 1.26. The number of hydrogen-bond acceptors (Lipinski definition) is 0. The molecular weight excluding hydrogens is 348 g/mol. The van der Waals surface area contributed by atoms with Crippen molar-refractivity contribution in [1.82, 2.24) is 0 Å². The highest BCUT2D eigenvalue weighted by Crippen LogP contribution is 2.45. The van der Waals surface area contributed by atoms with E-state index in [4.69, 9.17) is 0 Å². The number of rotatable bonds is 2. The van der Waals surface area contributed by atoms with Crippen LogP contribution in [0.4, 0.5) is 0 Å². The zero-order valence-electron chi connectivity index (χ0n) is 16.1. The molecule has 0 aromatic heterocycles. The van der Waals surface area contributed by atoms with Crippen LogP contribution in [0.15, 0.2) is 109 Å². The van der Waals surface area contributed by atoms with Gasteiger partial charge in [0.15, 0.2) is 0 Å². The fourth-order valence-electron chi connectivity index (χ4n) is 4.82. The van der Waals surface area contributed by atoms with Crippen LogP contribution in [-0.4, -0.2) is 0 Å². The summed E-state index contributed by atoms with van der Waals surface area (Å²) < 4.78 is 0. The molecule has 1 aliphatic carbocycles. The normalized spacial score (nSPS) is 12.0. The molecule has 0 saturated carbocycles. The van der Waals surface area contributed by atoms with Gasteiger partial charge in [0.2, 0.25) is 0 Å². The molecule has 0 bridgehead atoms. The maximum atomic E-state index is 2.31. The summed E-state index contributed by atoms with van der Waals surface area (Å²) in [6, 6.07) is 39.7. The zero-order chi connectivity index (χ0) is 19.2. The van der Waals surface area contributed by atoms with Gasteiger partial charge in [0.1, 0.15) is 0 Å². The van der Waals surface area contributed by atoms with Gasteiger partial charge < -0.3 is 0 Å². The fraction of sp³-hybridized carbons (Fsp3) is 0.0345. The second-order valence-corrected chi connectivity index (χ2v) is 7.74. The minimum Gasteiger partial charge on any atom is -0.0622 e. The van der Waals surface area contributed by atoms with Crippen LogP contribution in [0.1, 0.15) is 11.1 Å². The van der Waals surface area contributed by atoms with Crippen molar-refractivity contribution in [1.29, 1.82) is 0 Å². The quantitative estimate of drug-likeness (QED) is 0.293. The topological polar surface area (TPSA) is 0 Å². The molecule has 5 aromatic carbocycles. The first-order valence-corrected chi connectivity index (χ1v) is 10.2. The van der Waals surface area contributed by atoms with Gasteiger partial charge >= 0.3 is 0 Å². The molecule has 0 fully saturated rings. The smallest absolute Gasteiger partial charge is 0.000728 e. The average molecular weight is 368 g/mol. The summed E-state index contributed by atoms with van der Waals surface area (Å²) in [5.74, 6) is 0. The Kier molecular flexibility index (Phi) is 3.64. The van der Waals surface area contributed by atoms with Crippen molar-refractivity contribution in [3.05, 3.63) is 120 Å². The van der Waals surface area contributed by atoms with Gasteiger partial charge in [-0.3, -0.25) is 0 Å². The van der Waals surface area contributed by atoms with Crippen molar-refractivity contribution >= 4 is 10.8 Å². The Bertz CT molecular complexity index is 1360. The van der Waals surface area contributed by atoms with Gasteiger partial charge in [0, 0.05) is 0 Å². The van der Waals surface area contributed by atoms with Crippen LogP contribution in [0, 0.1) is 0 Å². The number of benzene rings is 5. The molecule has 0 heteroatoms. The molecule has 0 N–H and O–H groups in total. The summed E-state index contributed by atoms with van der Waals surface area (Å²) >= 11 is 0. The van der Waals surface area contributed by atoms with Crippen molar-refractivity contribution in [2.75, 3.05) is 0 Å².